The molecule has 3 aromatic heterocycles. The van der Waals surface area contributed by atoms with E-state index in [0.717, 1.165) is 5.52 Å². The van der Waals surface area contributed by atoms with Crippen LogP contribution in [-0.2, 0) is 6.54 Å². The molecule has 0 atom stereocenters. The first-order valence-corrected chi connectivity index (χ1v) is 7.71. The molecule has 0 N–H and O–H groups in total. The summed E-state index contributed by atoms with van der Waals surface area (Å²) in [5.41, 5.74) is 2.26. The second kappa shape index (κ2) is 5.77. The van der Waals surface area contributed by atoms with Crippen LogP contribution in [0.4, 0.5) is 8.78 Å². The molecule has 0 spiro atoms. The van der Waals surface area contributed by atoms with Gasteiger partial charge in [0.1, 0.15) is 29.5 Å². The second-order valence-electron chi connectivity index (χ2n) is 5.81. The predicted octanol–water partition coefficient (Wildman–Crippen LogP) is 4.03. The van der Waals surface area contributed by atoms with Crippen LogP contribution in [0.2, 0.25) is 0 Å². The van der Waals surface area contributed by atoms with Crippen molar-refractivity contribution >= 4 is 11.0 Å². The minimum Gasteiger partial charge on any atom is -0.444 e. The van der Waals surface area contributed by atoms with Crippen LogP contribution in [0, 0.1) is 25.5 Å². The smallest absolute Gasteiger partial charge is 0.191 e. The summed E-state index contributed by atoms with van der Waals surface area (Å²) in [7, 11) is 0. The molecule has 25 heavy (non-hydrogen) atoms. The van der Waals surface area contributed by atoms with Gasteiger partial charge in [-0.25, -0.2) is 13.8 Å². The van der Waals surface area contributed by atoms with E-state index >= 15 is 0 Å². The van der Waals surface area contributed by atoms with Crippen LogP contribution in [0.5, 0.6) is 0 Å². The van der Waals surface area contributed by atoms with Gasteiger partial charge in [-0.2, -0.15) is 5.10 Å². The monoisotopic (exact) mass is 340 g/mol. The van der Waals surface area contributed by atoms with Crippen LogP contribution in [0.15, 0.2) is 41.2 Å². The van der Waals surface area contributed by atoms with Crippen molar-refractivity contribution in [3.05, 3.63) is 65.6 Å². The summed E-state index contributed by atoms with van der Waals surface area (Å²) in [5, 5.41) is 4.30. The summed E-state index contributed by atoms with van der Waals surface area (Å²) in [4.78, 5) is 8.39. The fourth-order valence-electron chi connectivity index (χ4n) is 2.74. The highest BCUT2D eigenvalue weighted by atomic mass is 19.1. The van der Waals surface area contributed by atoms with Gasteiger partial charge in [-0.3, -0.25) is 9.67 Å². The van der Waals surface area contributed by atoms with E-state index in [1.807, 2.05) is 0 Å². The van der Waals surface area contributed by atoms with Crippen LogP contribution in [0.1, 0.15) is 17.2 Å². The van der Waals surface area contributed by atoms with Gasteiger partial charge in [-0.05, 0) is 25.1 Å². The number of aryl methyl sites for hydroxylation is 1. The number of nitrogens with zero attached hydrogens (tertiary/aromatic N) is 4. The number of rotatable bonds is 3. The highest BCUT2D eigenvalue weighted by molar-refractivity contribution is 5.80. The van der Waals surface area contributed by atoms with E-state index in [0.29, 0.717) is 34.8 Å². The molecule has 0 radical (unpaired) electrons. The standard InChI is InChI=1S/C18H14F2N4O/c1-10-15(19)4-3-14(18(10)20)12-5-17-16(22-6-12)8-23-24(17)9-13-7-21-11(2)25-13/h3-8H,9H2,1-2H3. The van der Waals surface area contributed by atoms with Gasteiger partial charge >= 0.3 is 0 Å². The zero-order valence-electron chi connectivity index (χ0n) is 13.6. The third-order valence-electron chi connectivity index (χ3n) is 4.10. The van der Waals surface area contributed by atoms with Crippen LogP contribution in [-0.4, -0.2) is 19.7 Å². The minimum absolute atomic E-state index is 0.0109. The van der Waals surface area contributed by atoms with E-state index in [9.17, 15) is 8.78 Å². The maximum absolute atomic E-state index is 14.4. The Balaban J connectivity index is 1.80. The number of hydrogen-bond donors (Lipinski definition) is 0. The highest BCUT2D eigenvalue weighted by Gasteiger charge is 2.14. The summed E-state index contributed by atoms with van der Waals surface area (Å²) >= 11 is 0. The zero-order chi connectivity index (χ0) is 17.6. The number of oxazole rings is 1. The lowest BCUT2D eigenvalue weighted by atomic mass is 10.0. The molecule has 0 amide bonds. The number of pyridine rings is 1. The van der Waals surface area contributed by atoms with Gasteiger partial charge in [-0.1, -0.05) is 0 Å². The maximum Gasteiger partial charge on any atom is 0.191 e. The Bertz CT molecular complexity index is 1080. The first kappa shape index (κ1) is 15.4. The third kappa shape index (κ3) is 2.67. The van der Waals surface area contributed by atoms with Crippen molar-refractivity contribution in [2.45, 2.75) is 20.4 Å². The molecule has 0 unspecified atom stereocenters. The van der Waals surface area contributed by atoms with Gasteiger partial charge in [0.15, 0.2) is 5.89 Å². The molecule has 1 aromatic carbocycles. The van der Waals surface area contributed by atoms with Gasteiger partial charge in [0.05, 0.1) is 17.9 Å². The number of benzene rings is 1. The predicted molar refractivity (Wildman–Crippen MR) is 88.0 cm³/mol. The van der Waals surface area contributed by atoms with Gasteiger partial charge in [0, 0.05) is 29.8 Å². The van der Waals surface area contributed by atoms with Crippen molar-refractivity contribution in [3.8, 4) is 11.1 Å². The lowest BCUT2D eigenvalue weighted by Gasteiger charge is -2.07. The molecule has 5 nitrogen and oxygen atoms in total. The Labute approximate surface area is 141 Å². The quantitative estimate of drug-likeness (QED) is 0.565. The maximum atomic E-state index is 14.4. The Morgan fingerprint density at radius 1 is 1.08 bits per heavy atom. The van der Waals surface area contributed by atoms with Gasteiger partial charge < -0.3 is 4.42 Å². The van der Waals surface area contributed by atoms with E-state index in [4.69, 9.17) is 4.42 Å². The van der Waals surface area contributed by atoms with E-state index in [-0.39, 0.29) is 5.56 Å². The topological polar surface area (TPSA) is 56.7 Å². The number of fused-ring (bicyclic) bond motifs is 1. The summed E-state index contributed by atoms with van der Waals surface area (Å²) in [6.07, 6.45) is 4.83. The molecule has 0 fully saturated rings. The van der Waals surface area contributed by atoms with Crippen molar-refractivity contribution in [1.82, 2.24) is 19.7 Å². The molecule has 4 rings (SSSR count). The summed E-state index contributed by atoms with van der Waals surface area (Å²) in [6, 6.07) is 4.46. The molecule has 126 valence electrons. The minimum atomic E-state index is -0.585. The fourth-order valence-corrected chi connectivity index (χ4v) is 2.74. The second-order valence-corrected chi connectivity index (χ2v) is 5.81. The van der Waals surface area contributed by atoms with E-state index in [1.54, 1.807) is 36.3 Å². The molecule has 7 heteroatoms. The normalized spacial score (nSPS) is 11.4. The number of hydrogen-bond acceptors (Lipinski definition) is 4. The molecule has 3 heterocycles. The van der Waals surface area contributed by atoms with Crippen molar-refractivity contribution < 1.29 is 13.2 Å². The molecule has 0 bridgehead atoms. The Morgan fingerprint density at radius 3 is 2.68 bits per heavy atom. The van der Waals surface area contributed by atoms with Crippen LogP contribution in [0.3, 0.4) is 0 Å². The average Bonchev–Trinajstić information content (AvgIpc) is 3.19. The average molecular weight is 340 g/mol. The van der Waals surface area contributed by atoms with E-state index < -0.39 is 11.6 Å². The highest BCUT2D eigenvalue weighted by Crippen LogP contribution is 2.28. The Kier molecular flexibility index (Phi) is 3.56. The van der Waals surface area contributed by atoms with E-state index in [2.05, 4.69) is 15.1 Å². The number of aromatic nitrogens is 4. The van der Waals surface area contributed by atoms with Crippen molar-refractivity contribution in [2.24, 2.45) is 0 Å². The van der Waals surface area contributed by atoms with Crippen LogP contribution >= 0.6 is 0 Å². The van der Waals surface area contributed by atoms with Crippen LogP contribution < -0.4 is 0 Å². The molecule has 0 saturated heterocycles. The molecule has 4 aromatic rings. The largest absolute Gasteiger partial charge is 0.444 e. The first-order valence-electron chi connectivity index (χ1n) is 7.71. The zero-order valence-corrected chi connectivity index (χ0v) is 13.6. The van der Waals surface area contributed by atoms with Gasteiger partial charge in [0.25, 0.3) is 0 Å². The molecule has 0 aliphatic rings. The fraction of sp³-hybridized carbons (Fsp3) is 0.167. The van der Waals surface area contributed by atoms with Crippen molar-refractivity contribution in [2.75, 3.05) is 0 Å². The summed E-state index contributed by atoms with van der Waals surface area (Å²) < 4.78 is 35.1. The summed E-state index contributed by atoms with van der Waals surface area (Å²) in [6.45, 7) is 3.57. The van der Waals surface area contributed by atoms with Gasteiger partial charge in [0.2, 0.25) is 0 Å². The lowest BCUT2D eigenvalue weighted by molar-refractivity contribution is 0.456. The number of halogens is 2. The van der Waals surface area contributed by atoms with Crippen molar-refractivity contribution in [1.29, 1.82) is 0 Å². The van der Waals surface area contributed by atoms with Crippen LogP contribution in [0.25, 0.3) is 22.2 Å². The summed E-state index contributed by atoms with van der Waals surface area (Å²) in [5.74, 6) is 0.0879. The van der Waals surface area contributed by atoms with Crippen molar-refractivity contribution in [3.63, 3.8) is 0 Å². The van der Waals surface area contributed by atoms with Gasteiger partial charge in [-0.15, -0.1) is 0 Å². The Hall–Kier alpha value is -3.09. The SMILES string of the molecule is Cc1ncc(Cn2ncc3ncc(-c4ccc(F)c(C)c4F)cc32)o1. The lowest BCUT2D eigenvalue weighted by Crippen LogP contribution is -2.01. The molecule has 0 aliphatic carbocycles. The molecule has 0 saturated carbocycles. The first-order chi connectivity index (χ1) is 12.0. The molecular formula is C18H14F2N4O. The third-order valence-corrected chi connectivity index (χ3v) is 4.10. The van der Waals surface area contributed by atoms with E-state index in [1.165, 1.54) is 19.1 Å². The molecule has 0 aliphatic heterocycles. The Morgan fingerprint density at radius 2 is 1.92 bits per heavy atom. The molecular weight excluding hydrogens is 326 g/mol.